The largest absolute Gasteiger partial charge is 0.481 e. The molecule has 3 rings (SSSR count). The first-order chi connectivity index (χ1) is 15.1. The van der Waals surface area contributed by atoms with Crippen LogP contribution in [-0.2, 0) is 27.6 Å². The number of hydrogen-bond acceptors (Lipinski definition) is 6. The lowest BCUT2D eigenvalue weighted by molar-refractivity contribution is -0.136. The molecule has 1 N–H and O–H groups in total. The molecular formula is C24H28N2O4S2. The van der Waals surface area contributed by atoms with E-state index in [9.17, 15) is 18.3 Å². The molecule has 0 unspecified atom stereocenters. The fourth-order valence-corrected chi connectivity index (χ4v) is 5.30. The summed E-state index contributed by atoms with van der Waals surface area (Å²) in [4.78, 5) is 19.5. The highest BCUT2D eigenvalue weighted by molar-refractivity contribution is 7.90. The fourth-order valence-electron chi connectivity index (χ4n) is 3.35. The quantitative estimate of drug-likeness (QED) is 0.452. The minimum absolute atomic E-state index is 0.0182. The number of nitrogens with zero attached hydrogens (tertiary/aromatic N) is 2. The van der Waals surface area contributed by atoms with Crippen LogP contribution >= 0.6 is 11.3 Å². The number of carbonyl (C=O) groups is 1. The predicted molar refractivity (Wildman–Crippen MR) is 129 cm³/mol. The summed E-state index contributed by atoms with van der Waals surface area (Å²) in [6.45, 7) is 5.20. The van der Waals surface area contributed by atoms with Crippen LogP contribution in [0, 0.1) is 5.92 Å². The number of benzene rings is 2. The van der Waals surface area contributed by atoms with Crippen molar-refractivity contribution in [3.05, 3.63) is 65.0 Å². The fraction of sp³-hybridized carbons (Fsp3) is 0.333. The van der Waals surface area contributed by atoms with Gasteiger partial charge in [0.05, 0.1) is 17.0 Å². The number of aliphatic carboxylic acids is 1. The Morgan fingerprint density at radius 1 is 1.09 bits per heavy atom. The summed E-state index contributed by atoms with van der Waals surface area (Å²) >= 11 is 1.58. The molecule has 0 bridgehead atoms. The van der Waals surface area contributed by atoms with Gasteiger partial charge < -0.3 is 10.0 Å². The summed E-state index contributed by atoms with van der Waals surface area (Å²) in [7, 11) is -3.27. The van der Waals surface area contributed by atoms with Gasteiger partial charge in [0.25, 0.3) is 0 Å². The minimum Gasteiger partial charge on any atom is -0.481 e. The van der Waals surface area contributed by atoms with Gasteiger partial charge in [-0.25, -0.2) is 13.4 Å². The van der Waals surface area contributed by atoms with E-state index in [0.29, 0.717) is 19.0 Å². The van der Waals surface area contributed by atoms with Crippen LogP contribution in [0.5, 0.6) is 0 Å². The molecule has 1 aromatic heterocycles. The third-order valence-corrected chi connectivity index (χ3v) is 7.18. The molecule has 32 heavy (non-hydrogen) atoms. The van der Waals surface area contributed by atoms with Crippen molar-refractivity contribution in [2.75, 3.05) is 17.7 Å². The summed E-state index contributed by atoms with van der Waals surface area (Å²) in [5.41, 5.74) is 2.76. The van der Waals surface area contributed by atoms with Crippen LogP contribution < -0.4 is 4.90 Å². The molecular weight excluding hydrogens is 444 g/mol. The maximum absolute atomic E-state index is 11.8. The van der Waals surface area contributed by atoms with E-state index in [0.717, 1.165) is 33.3 Å². The maximum atomic E-state index is 11.8. The molecule has 0 aliphatic rings. The van der Waals surface area contributed by atoms with E-state index in [1.165, 1.54) is 6.26 Å². The third kappa shape index (κ3) is 6.40. The molecule has 0 amide bonds. The van der Waals surface area contributed by atoms with E-state index in [2.05, 4.69) is 13.8 Å². The van der Waals surface area contributed by atoms with Crippen LogP contribution in [0.4, 0.5) is 5.13 Å². The Hall–Kier alpha value is -2.71. The minimum atomic E-state index is -3.27. The number of sulfone groups is 1. The van der Waals surface area contributed by atoms with Crippen molar-refractivity contribution in [3.8, 4) is 11.3 Å². The molecule has 0 aliphatic carbocycles. The van der Waals surface area contributed by atoms with Gasteiger partial charge in [-0.3, -0.25) is 4.79 Å². The molecule has 3 aromatic rings. The van der Waals surface area contributed by atoms with Crippen LogP contribution in [0.15, 0.2) is 59.5 Å². The Morgan fingerprint density at radius 2 is 1.75 bits per heavy atom. The summed E-state index contributed by atoms with van der Waals surface area (Å²) in [6, 6.07) is 16.7. The summed E-state index contributed by atoms with van der Waals surface area (Å²) in [5, 5.41) is 10.0. The Morgan fingerprint density at radius 3 is 2.31 bits per heavy atom. The SMILES string of the molecule is CC(C)Cc1sc(N(CCC(=O)O)Cc2ccccc2)nc1-c1ccc(S(C)(=O)=O)cc1. The van der Waals surface area contributed by atoms with Gasteiger partial charge in [-0.1, -0.05) is 56.3 Å². The standard InChI is InChI=1S/C24H28N2O4S2/c1-17(2)15-21-23(19-9-11-20(12-10-19)32(3,29)30)25-24(31-21)26(14-13-22(27)28)16-18-7-5-4-6-8-18/h4-12,17H,13-16H2,1-3H3,(H,27,28). The van der Waals surface area contributed by atoms with Crippen LogP contribution in [0.1, 0.15) is 30.7 Å². The summed E-state index contributed by atoms with van der Waals surface area (Å²) in [6.07, 6.45) is 2.04. The van der Waals surface area contributed by atoms with Crippen LogP contribution in [0.2, 0.25) is 0 Å². The molecule has 2 aromatic carbocycles. The molecule has 0 radical (unpaired) electrons. The zero-order chi connectivity index (χ0) is 23.3. The van der Waals surface area contributed by atoms with Gasteiger partial charge in [0.15, 0.2) is 15.0 Å². The van der Waals surface area contributed by atoms with Crippen molar-refractivity contribution in [1.82, 2.24) is 4.98 Å². The van der Waals surface area contributed by atoms with E-state index in [-0.39, 0.29) is 11.3 Å². The highest BCUT2D eigenvalue weighted by atomic mass is 32.2. The number of carboxylic acid groups (broad SMARTS) is 1. The Bertz CT molecular complexity index is 1150. The van der Waals surface area contributed by atoms with Crippen molar-refractivity contribution in [2.24, 2.45) is 5.92 Å². The monoisotopic (exact) mass is 472 g/mol. The van der Waals surface area contributed by atoms with Gasteiger partial charge in [0.1, 0.15) is 0 Å². The first-order valence-electron chi connectivity index (χ1n) is 10.4. The second-order valence-electron chi connectivity index (χ2n) is 8.21. The number of aromatic nitrogens is 1. The van der Waals surface area contributed by atoms with E-state index in [4.69, 9.17) is 4.98 Å². The first kappa shape index (κ1) is 23.9. The highest BCUT2D eigenvalue weighted by Crippen LogP contribution is 2.36. The number of hydrogen-bond donors (Lipinski definition) is 1. The van der Waals surface area contributed by atoms with Crippen LogP contribution in [0.3, 0.4) is 0 Å². The zero-order valence-electron chi connectivity index (χ0n) is 18.5. The van der Waals surface area contributed by atoms with Gasteiger partial charge in [-0.2, -0.15) is 0 Å². The molecule has 0 saturated heterocycles. The van der Waals surface area contributed by atoms with Crippen molar-refractivity contribution in [1.29, 1.82) is 0 Å². The topological polar surface area (TPSA) is 87.6 Å². The lowest BCUT2D eigenvalue weighted by atomic mass is 10.1. The normalized spacial score (nSPS) is 11.6. The summed E-state index contributed by atoms with van der Waals surface area (Å²) < 4.78 is 23.6. The van der Waals surface area contributed by atoms with Gasteiger partial charge in [-0.05, 0) is 30.0 Å². The van der Waals surface area contributed by atoms with Crippen molar-refractivity contribution in [2.45, 2.75) is 38.1 Å². The molecule has 1 heterocycles. The number of anilines is 1. The van der Waals surface area contributed by atoms with Crippen LogP contribution in [0.25, 0.3) is 11.3 Å². The molecule has 0 spiro atoms. The molecule has 6 nitrogen and oxygen atoms in total. The van der Waals surface area contributed by atoms with Crippen molar-refractivity contribution < 1.29 is 18.3 Å². The van der Waals surface area contributed by atoms with Gasteiger partial charge in [0.2, 0.25) is 0 Å². The average Bonchev–Trinajstić information content (AvgIpc) is 3.14. The lowest BCUT2D eigenvalue weighted by Gasteiger charge is -2.21. The van der Waals surface area contributed by atoms with E-state index < -0.39 is 15.8 Å². The van der Waals surface area contributed by atoms with E-state index in [1.807, 2.05) is 35.2 Å². The van der Waals surface area contributed by atoms with E-state index in [1.54, 1.807) is 35.6 Å². The maximum Gasteiger partial charge on any atom is 0.305 e. The van der Waals surface area contributed by atoms with Gasteiger partial charge >= 0.3 is 5.97 Å². The van der Waals surface area contributed by atoms with Gasteiger partial charge in [-0.15, -0.1) is 11.3 Å². The lowest BCUT2D eigenvalue weighted by Crippen LogP contribution is -2.25. The molecule has 170 valence electrons. The zero-order valence-corrected chi connectivity index (χ0v) is 20.1. The van der Waals surface area contributed by atoms with E-state index >= 15 is 0 Å². The average molecular weight is 473 g/mol. The Labute approximate surface area is 193 Å². The summed E-state index contributed by atoms with van der Waals surface area (Å²) in [5.74, 6) is -0.433. The number of thiazole rings is 1. The predicted octanol–water partition coefficient (Wildman–Crippen LogP) is 4.89. The van der Waals surface area contributed by atoms with Crippen LogP contribution in [-0.4, -0.2) is 37.3 Å². The Balaban J connectivity index is 2.00. The van der Waals surface area contributed by atoms with Crippen molar-refractivity contribution >= 4 is 32.3 Å². The van der Waals surface area contributed by atoms with Gasteiger partial charge in [0, 0.05) is 29.8 Å². The molecule has 0 fully saturated rings. The first-order valence-corrected chi connectivity index (χ1v) is 13.1. The molecule has 0 atom stereocenters. The van der Waals surface area contributed by atoms with Crippen molar-refractivity contribution in [3.63, 3.8) is 0 Å². The Kier molecular flexibility index (Phi) is 7.69. The second-order valence-corrected chi connectivity index (χ2v) is 11.3. The highest BCUT2D eigenvalue weighted by Gasteiger charge is 2.20. The molecule has 0 aliphatic heterocycles. The number of carboxylic acids is 1. The molecule has 0 saturated carbocycles. The second kappa shape index (κ2) is 10.3. The third-order valence-electron chi connectivity index (χ3n) is 4.92. The smallest absolute Gasteiger partial charge is 0.305 e. The number of rotatable bonds is 10. The molecule has 8 heteroatoms.